The molecule has 0 N–H and O–H groups in total. The van der Waals surface area contributed by atoms with Gasteiger partial charge in [0.2, 0.25) is 5.95 Å². The fourth-order valence-corrected chi connectivity index (χ4v) is 6.98. The van der Waals surface area contributed by atoms with E-state index in [2.05, 4.69) is 121 Å². The van der Waals surface area contributed by atoms with Crippen LogP contribution in [0.3, 0.4) is 0 Å². The van der Waals surface area contributed by atoms with E-state index in [4.69, 9.17) is 15.0 Å². The SMILES string of the molecule is C=Cc1c(-c2c(C)c(C)c(/C=C\C)n2-c2nc(-c3ccccc3)nc(-c3ccccc3)n2)n(-c2ccccc2)c2ccc(-c3ccccc3)cc12. The summed E-state index contributed by atoms with van der Waals surface area (Å²) in [6.45, 7) is 10.8. The summed E-state index contributed by atoms with van der Waals surface area (Å²) in [5.41, 5.74) is 12.7. The fraction of sp³-hybridized carbons (Fsp3) is 0.0652. The molecule has 0 bridgehead atoms. The minimum atomic E-state index is 0.548. The van der Waals surface area contributed by atoms with Gasteiger partial charge in [-0.2, -0.15) is 9.97 Å². The van der Waals surface area contributed by atoms with E-state index in [0.29, 0.717) is 17.6 Å². The topological polar surface area (TPSA) is 48.5 Å². The van der Waals surface area contributed by atoms with E-state index in [1.54, 1.807) is 0 Å². The van der Waals surface area contributed by atoms with Crippen molar-refractivity contribution in [1.82, 2.24) is 24.1 Å². The minimum absolute atomic E-state index is 0.548. The Labute approximate surface area is 298 Å². The Hall–Kier alpha value is -6.59. The van der Waals surface area contributed by atoms with Crippen LogP contribution >= 0.6 is 0 Å². The molecule has 3 aromatic heterocycles. The second kappa shape index (κ2) is 13.4. The Balaban J connectivity index is 1.50. The Morgan fingerprint density at radius 2 is 1.10 bits per heavy atom. The van der Waals surface area contributed by atoms with Gasteiger partial charge >= 0.3 is 0 Å². The van der Waals surface area contributed by atoms with Crippen LogP contribution in [-0.4, -0.2) is 24.1 Å². The lowest BCUT2D eigenvalue weighted by atomic mass is 10.0. The van der Waals surface area contributed by atoms with Gasteiger partial charge in [-0.05, 0) is 73.4 Å². The van der Waals surface area contributed by atoms with Crippen molar-refractivity contribution in [3.63, 3.8) is 0 Å². The van der Waals surface area contributed by atoms with Crippen LogP contribution in [0.4, 0.5) is 0 Å². The molecule has 5 aromatic carbocycles. The highest BCUT2D eigenvalue weighted by atomic mass is 15.2. The van der Waals surface area contributed by atoms with Gasteiger partial charge in [0.15, 0.2) is 11.6 Å². The molecular weight excluding hydrogens is 623 g/mol. The van der Waals surface area contributed by atoms with Gasteiger partial charge in [0.25, 0.3) is 0 Å². The van der Waals surface area contributed by atoms with Crippen molar-refractivity contribution in [3.8, 4) is 56.9 Å². The lowest BCUT2D eigenvalue weighted by Gasteiger charge is -2.17. The third-order valence-corrected chi connectivity index (χ3v) is 9.53. The molecule has 8 rings (SSSR count). The molecule has 0 spiro atoms. The zero-order chi connectivity index (χ0) is 34.9. The van der Waals surface area contributed by atoms with E-state index in [0.717, 1.165) is 67.1 Å². The van der Waals surface area contributed by atoms with Gasteiger partial charge in [0.1, 0.15) is 0 Å². The number of aromatic nitrogens is 5. The maximum absolute atomic E-state index is 5.22. The largest absolute Gasteiger partial charge is 0.307 e. The fourth-order valence-electron chi connectivity index (χ4n) is 6.98. The molecule has 0 aliphatic heterocycles. The van der Waals surface area contributed by atoms with Crippen molar-refractivity contribution in [2.75, 3.05) is 0 Å². The number of rotatable bonds is 8. The predicted molar refractivity (Wildman–Crippen MR) is 212 cm³/mol. The van der Waals surface area contributed by atoms with Crippen LogP contribution in [0.2, 0.25) is 0 Å². The first-order chi connectivity index (χ1) is 25.1. The van der Waals surface area contributed by atoms with Gasteiger partial charge < -0.3 is 4.57 Å². The highest BCUT2D eigenvalue weighted by Crippen LogP contribution is 2.43. The second-order valence-corrected chi connectivity index (χ2v) is 12.6. The second-order valence-electron chi connectivity index (χ2n) is 12.6. The van der Waals surface area contributed by atoms with Crippen LogP contribution in [0.25, 0.3) is 80.0 Å². The molecule has 8 aromatic rings. The molecule has 246 valence electrons. The molecule has 0 amide bonds. The van der Waals surface area contributed by atoms with Crippen molar-refractivity contribution in [2.45, 2.75) is 20.8 Å². The normalized spacial score (nSPS) is 11.4. The first-order valence-electron chi connectivity index (χ1n) is 17.2. The molecule has 0 saturated heterocycles. The van der Waals surface area contributed by atoms with E-state index in [9.17, 15) is 0 Å². The van der Waals surface area contributed by atoms with Crippen LogP contribution < -0.4 is 0 Å². The zero-order valence-electron chi connectivity index (χ0n) is 29.0. The van der Waals surface area contributed by atoms with Crippen molar-refractivity contribution in [3.05, 3.63) is 175 Å². The quantitative estimate of drug-likeness (QED) is 0.163. The Bertz CT molecular complexity index is 2490. The van der Waals surface area contributed by atoms with Crippen molar-refractivity contribution >= 4 is 23.1 Å². The van der Waals surface area contributed by atoms with Crippen LogP contribution in [0.1, 0.15) is 29.3 Å². The molecule has 0 fully saturated rings. The molecule has 51 heavy (non-hydrogen) atoms. The third kappa shape index (κ3) is 5.59. The molecule has 5 heteroatoms. The van der Waals surface area contributed by atoms with Gasteiger partial charge in [-0.25, -0.2) is 4.98 Å². The monoisotopic (exact) mass is 659 g/mol. The Morgan fingerprint density at radius 3 is 1.65 bits per heavy atom. The summed E-state index contributed by atoms with van der Waals surface area (Å²) in [6.07, 6.45) is 6.22. The van der Waals surface area contributed by atoms with Gasteiger partial charge in [-0.15, -0.1) is 0 Å². The number of para-hydroxylation sites is 1. The molecule has 0 aliphatic carbocycles. The number of hydrogen-bond donors (Lipinski definition) is 0. The molecule has 0 aliphatic rings. The van der Waals surface area contributed by atoms with E-state index in [-0.39, 0.29) is 0 Å². The number of allylic oxidation sites excluding steroid dienone is 1. The summed E-state index contributed by atoms with van der Waals surface area (Å²) in [5, 5.41) is 1.12. The molecule has 5 nitrogen and oxygen atoms in total. The number of benzene rings is 5. The highest BCUT2D eigenvalue weighted by Gasteiger charge is 2.28. The summed E-state index contributed by atoms with van der Waals surface area (Å²) in [5.74, 6) is 1.77. The van der Waals surface area contributed by atoms with Gasteiger partial charge in [0, 0.05) is 27.8 Å². The van der Waals surface area contributed by atoms with Crippen molar-refractivity contribution < 1.29 is 0 Å². The Kier molecular flexibility index (Phi) is 8.30. The summed E-state index contributed by atoms with van der Waals surface area (Å²) in [7, 11) is 0. The van der Waals surface area contributed by atoms with Gasteiger partial charge in [0.05, 0.1) is 22.6 Å². The van der Waals surface area contributed by atoms with E-state index < -0.39 is 0 Å². The average molecular weight is 660 g/mol. The highest BCUT2D eigenvalue weighted by molar-refractivity contribution is 6.01. The molecular formula is C46H37N5. The lowest BCUT2D eigenvalue weighted by molar-refractivity contribution is 0.900. The first-order valence-corrected chi connectivity index (χ1v) is 17.2. The molecule has 0 atom stereocenters. The first kappa shape index (κ1) is 31.7. The van der Waals surface area contributed by atoms with Crippen LogP contribution in [0, 0.1) is 13.8 Å². The van der Waals surface area contributed by atoms with Crippen LogP contribution in [0.15, 0.2) is 152 Å². The molecule has 3 heterocycles. The standard InChI is InChI=1S/C46H37N5/c1-5-19-40-31(3)32(4)42(51(40)46-48-44(34-22-13-8-14-23-34)47-45(49-46)35-24-15-9-16-25-35)43-38(6-2)39-30-36(33-20-11-7-12-21-33)28-29-41(39)50(43)37-26-17-10-18-27-37/h5-30H,2H2,1,3-4H3/b19-5-. The summed E-state index contributed by atoms with van der Waals surface area (Å²) in [6, 6.07) is 48.0. The van der Waals surface area contributed by atoms with E-state index in [1.165, 1.54) is 5.56 Å². The van der Waals surface area contributed by atoms with E-state index >= 15 is 0 Å². The minimum Gasteiger partial charge on any atom is -0.307 e. The number of fused-ring (bicyclic) bond motifs is 1. The smallest absolute Gasteiger partial charge is 0.238 e. The molecule has 0 radical (unpaired) electrons. The maximum atomic E-state index is 5.22. The van der Waals surface area contributed by atoms with Gasteiger partial charge in [-0.3, -0.25) is 4.57 Å². The maximum Gasteiger partial charge on any atom is 0.238 e. The van der Waals surface area contributed by atoms with Crippen LogP contribution in [0.5, 0.6) is 0 Å². The summed E-state index contributed by atoms with van der Waals surface area (Å²) < 4.78 is 4.57. The summed E-state index contributed by atoms with van der Waals surface area (Å²) >= 11 is 0. The predicted octanol–water partition coefficient (Wildman–Crippen LogP) is 11.6. The average Bonchev–Trinajstić information content (AvgIpc) is 3.65. The Morgan fingerprint density at radius 1 is 0.549 bits per heavy atom. The van der Waals surface area contributed by atoms with E-state index in [1.807, 2.05) is 73.7 Å². The lowest BCUT2D eigenvalue weighted by Crippen LogP contribution is -2.11. The van der Waals surface area contributed by atoms with Crippen molar-refractivity contribution in [1.29, 1.82) is 0 Å². The third-order valence-electron chi connectivity index (χ3n) is 9.53. The van der Waals surface area contributed by atoms with Gasteiger partial charge in [-0.1, -0.05) is 134 Å². The zero-order valence-corrected chi connectivity index (χ0v) is 29.0. The molecule has 0 unspecified atom stereocenters. The van der Waals surface area contributed by atoms with Crippen molar-refractivity contribution in [2.24, 2.45) is 0 Å². The number of nitrogens with zero attached hydrogens (tertiary/aromatic N) is 5. The number of hydrogen-bond acceptors (Lipinski definition) is 3. The summed E-state index contributed by atoms with van der Waals surface area (Å²) in [4.78, 5) is 15.4. The van der Waals surface area contributed by atoms with Crippen LogP contribution in [-0.2, 0) is 0 Å². The molecule has 0 saturated carbocycles.